The van der Waals surface area contributed by atoms with Crippen molar-refractivity contribution in [1.29, 1.82) is 0 Å². The van der Waals surface area contributed by atoms with Crippen molar-refractivity contribution >= 4 is 6.41 Å². The van der Waals surface area contributed by atoms with Gasteiger partial charge in [0.15, 0.2) is 0 Å². The lowest BCUT2D eigenvalue weighted by Crippen LogP contribution is -2.51. The molecule has 2 N–H and O–H groups in total. The van der Waals surface area contributed by atoms with Gasteiger partial charge in [-0.05, 0) is 24.7 Å². The van der Waals surface area contributed by atoms with Crippen LogP contribution in [-0.2, 0) is 4.79 Å². The lowest BCUT2D eigenvalue weighted by Gasteiger charge is -2.39. The van der Waals surface area contributed by atoms with Gasteiger partial charge in [-0.3, -0.25) is 10.1 Å². The van der Waals surface area contributed by atoms with Crippen molar-refractivity contribution in [3.8, 4) is 0 Å². The maximum absolute atomic E-state index is 10.2. The number of carbonyl (C=O) groups excluding carboxylic acids is 1. The third-order valence-electron chi connectivity index (χ3n) is 3.46. The molecular weight excluding hydrogens is 164 g/mol. The second-order valence-corrected chi connectivity index (χ2v) is 4.25. The first kappa shape index (κ1) is 9.00. The van der Waals surface area contributed by atoms with E-state index in [0.29, 0.717) is 0 Å². The lowest BCUT2D eigenvalue weighted by atomic mass is 9.75. The SMILES string of the molecule is O=[C]NC1CC2CCCCC2CN1. The van der Waals surface area contributed by atoms with Crippen LogP contribution >= 0.6 is 0 Å². The lowest BCUT2D eigenvalue weighted by molar-refractivity contribution is 0.148. The fraction of sp³-hybridized carbons (Fsp3) is 0.900. The van der Waals surface area contributed by atoms with Crippen LogP contribution in [0.25, 0.3) is 0 Å². The van der Waals surface area contributed by atoms with Gasteiger partial charge < -0.3 is 5.32 Å². The van der Waals surface area contributed by atoms with E-state index in [4.69, 9.17) is 0 Å². The van der Waals surface area contributed by atoms with E-state index >= 15 is 0 Å². The Hall–Kier alpha value is -0.570. The topological polar surface area (TPSA) is 41.1 Å². The van der Waals surface area contributed by atoms with Crippen LogP contribution in [0.3, 0.4) is 0 Å². The van der Waals surface area contributed by atoms with Crippen LogP contribution in [0, 0.1) is 11.8 Å². The van der Waals surface area contributed by atoms with E-state index in [1.54, 1.807) is 6.41 Å². The minimum absolute atomic E-state index is 0.178. The smallest absolute Gasteiger partial charge is 0.310 e. The molecule has 1 saturated heterocycles. The zero-order valence-corrected chi connectivity index (χ0v) is 7.88. The Morgan fingerprint density at radius 3 is 2.77 bits per heavy atom. The molecule has 0 aromatic rings. The van der Waals surface area contributed by atoms with Gasteiger partial charge in [-0.15, -0.1) is 0 Å². The molecule has 0 spiro atoms. The molecule has 3 atom stereocenters. The summed E-state index contributed by atoms with van der Waals surface area (Å²) in [4.78, 5) is 10.2. The van der Waals surface area contributed by atoms with E-state index in [1.807, 2.05) is 0 Å². The zero-order chi connectivity index (χ0) is 9.10. The fourth-order valence-electron chi connectivity index (χ4n) is 2.72. The van der Waals surface area contributed by atoms with E-state index in [9.17, 15) is 4.79 Å². The van der Waals surface area contributed by atoms with E-state index < -0.39 is 0 Å². The highest BCUT2D eigenvalue weighted by Gasteiger charge is 2.31. The monoisotopic (exact) mass is 181 g/mol. The van der Waals surface area contributed by atoms with Crippen molar-refractivity contribution in [1.82, 2.24) is 10.6 Å². The van der Waals surface area contributed by atoms with Gasteiger partial charge in [0.05, 0.1) is 6.17 Å². The fourth-order valence-corrected chi connectivity index (χ4v) is 2.72. The molecule has 0 aromatic heterocycles. The summed E-state index contributed by atoms with van der Waals surface area (Å²) >= 11 is 0. The third-order valence-corrected chi connectivity index (χ3v) is 3.46. The summed E-state index contributed by atoms with van der Waals surface area (Å²) < 4.78 is 0. The summed E-state index contributed by atoms with van der Waals surface area (Å²) in [5.41, 5.74) is 0. The third kappa shape index (κ3) is 2.02. The molecule has 3 heteroatoms. The van der Waals surface area contributed by atoms with Gasteiger partial charge in [-0.25, -0.2) is 0 Å². The molecule has 1 aliphatic heterocycles. The van der Waals surface area contributed by atoms with Crippen molar-refractivity contribution < 1.29 is 4.79 Å². The van der Waals surface area contributed by atoms with Crippen LogP contribution < -0.4 is 10.6 Å². The van der Waals surface area contributed by atoms with Gasteiger partial charge in [0.1, 0.15) is 0 Å². The number of hydrogen-bond acceptors (Lipinski definition) is 2. The second kappa shape index (κ2) is 4.09. The molecule has 1 amide bonds. The van der Waals surface area contributed by atoms with Crippen LogP contribution in [0.1, 0.15) is 32.1 Å². The van der Waals surface area contributed by atoms with Crippen molar-refractivity contribution in [3.05, 3.63) is 0 Å². The highest BCUT2D eigenvalue weighted by atomic mass is 16.1. The summed E-state index contributed by atoms with van der Waals surface area (Å²) in [5.74, 6) is 1.69. The zero-order valence-electron chi connectivity index (χ0n) is 7.88. The summed E-state index contributed by atoms with van der Waals surface area (Å²) in [5, 5.41) is 6.05. The van der Waals surface area contributed by atoms with Crippen molar-refractivity contribution in [2.45, 2.75) is 38.3 Å². The predicted octanol–water partition coefficient (Wildman–Crippen LogP) is 0.769. The molecule has 1 radical (unpaired) electrons. The maximum atomic E-state index is 10.2. The minimum atomic E-state index is 0.178. The van der Waals surface area contributed by atoms with E-state index in [2.05, 4.69) is 10.6 Å². The van der Waals surface area contributed by atoms with Crippen LogP contribution in [0.2, 0.25) is 0 Å². The Morgan fingerprint density at radius 1 is 1.23 bits per heavy atom. The molecule has 3 unspecified atom stereocenters. The maximum Gasteiger partial charge on any atom is 0.310 e. The average molecular weight is 181 g/mol. The van der Waals surface area contributed by atoms with E-state index in [1.165, 1.54) is 25.7 Å². The van der Waals surface area contributed by atoms with Gasteiger partial charge in [-0.1, -0.05) is 19.3 Å². The second-order valence-electron chi connectivity index (χ2n) is 4.25. The molecule has 2 aliphatic rings. The number of amides is 1. The summed E-state index contributed by atoms with van der Waals surface area (Å²) in [6, 6.07) is 0. The molecule has 73 valence electrons. The molecule has 0 aromatic carbocycles. The Kier molecular flexibility index (Phi) is 2.83. The van der Waals surface area contributed by atoms with Gasteiger partial charge in [0.2, 0.25) is 0 Å². The molecule has 0 bridgehead atoms. The number of rotatable bonds is 2. The van der Waals surface area contributed by atoms with Crippen molar-refractivity contribution in [2.24, 2.45) is 11.8 Å². The van der Waals surface area contributed by atoms with Gasteiger partial charge in [0.25, 0.3) is 0 Å². The van der Waals surface area contributed by atoms with Crippen LogP contribution in [0.15, 0.2) is 0 Å². The number of nitrogens with one attached hydrogen (secondary N) is 2. The number of fused-ring (bicyclic) bond motifs is 1. The Balaban J connectivity index is 1.87. The molecule has 2 rings (SSSR count). The number of hydrogen-bond donors (Lipinski definition) is 2. The molecule has 1 aliphatic carbocycles. The summed E-state index contributed by atoms with van der Waals surface area (Å²) in [7, 11) is 0. The highest BCUT2D eigenvalue weighted by molar-refractivity contribution is 5.47. The molecule has 1 saturated carbocycles. The molecular formula is C10H17N2O. The van der Waals surface area contributed by atoms with Crippen molar-refractivity contribution in [2.75, 3.05) is 6.54 Å². The summed E-state index contributed by atoms with van der Waals surface area (Å²) in [6.07, 6.45) is 8.53. The standard InChI is InChI=1S/C10H17N2O/c13-7-12-10-5-8-3-1-2-4-9(8)6-11-10/h8-11H,1-6H2,(H,12,13). The molecule has 3 nitrogen and oxygen atoms in total. The number of piperidine rings is 1. The first-order valence-electron chi connectivity index (χ1n) is 5.26. The van der Waals surface area contributed by atoms with Gasteiger partial charge >= 0.3 is 6.41 Å². The first-order chi connectivity index (χ1) is 6.40. The average Bonchev–Trinajstić information content (AvgIpc) is 2.18. The minimum Gasteiger partial charge on any atom is -0.333 e. The van der Waals surface area contributed by atoms with E-state index in [-0.39, 0.29) is 6.17 Å². The Labute approximate surface area is 79.3 Å². The van der Waals surface area contributed by atoms with E-state index in [0.717, 1.165) is 24.8 Å². The Morgan fingerprint density at radius 2 is 2.00 bits per heavy atom. The quantitative estimate of drug-likeness (QED) is 0.618. The van der Waals surface area contributed by atoms with Gasteiger partial charge in [-0.2, -0.15) is 0 Å². The highest BCUT2D eigenvalue weighted by Crippen LogP contribution is 2.34. The van der Waals surface area contributed by atoms with Crippen LogP contribution in [0.5, 0.6) is 0 Å². The van der Waals surface area contributed by atoms with Gasteiger partial charge in [0, 0.05) is 6.54 Å². The first-order valence-corrected chi connectivity index (χ1v) is 5.26. The Bertz CT molecular complexity index is 184. The normalized spacial score (nSPS) is 39.2. The van der Waals surface area contributed by atoms with Crippen molar-refractivity contribution in [3.63, 3.8) is 0 Å². The molecule has 1 heterocycles. The van der Waals surface area contributed by atoms with Crippen LogP contribution in [-0.4, -0.2) is 19.1 Å². The largest absolute Gasteiger partial charge is 0.333 e. The molecule has 13 heavy (non-hydrogen) atoms. The van der Waals surface area contributed by atoms with Crippen LogP contribution in [0.4, 0.5) is 0 Å². The molecule has 2 fully saturated rings. The summed E-state index contributed by atoms with van der Waals surface area (Å²) in [6.45, 7) is 1.07. The predicted molar refractivity (Wildman–Crippen MR) is 50.7 cm³/mol.